The molecular weight excluding hydrogens is 314 g/mol. The molecule has 1 unspecified atom stereocenters. The second-order valence-corrected chi connectivity index (χ2v) is 6.04. The van der Waals surface area contributed by atoms with Gasteiger partial charge in [-0.15, -0.1) is 0 Å². The van der Waals surface area contributed by atoms with E-state index >= 15 is 0 Å². The Morgan fingerprint density at radius 3 is 2.60 bits per heavy atom. The lowest BCUT2D eigenvalue weighted by molar-refractivity contribution is 0.482. The van der Waals surface area contributed by atoms with E-state index in [0.717, 1.165) is 10.9 Å². The van der Waals surface area contributed by atoms with Crippen LogP contribution in [-0.4, -0.2) is 16.8 Å². The van der Waals surface area contributed by atoms with Gasteiger partial charge in [-0.05, 0) is 54.4 Å². The Morgan fingerprint density at radius 1 is 1.30 bits per heavy atom. The van der Waals surface area contributed by atoms with Gasteiger partial charge in [0.1, 0.15) is 0 Å². The standard InChI is InChI=1S/C16H22BrN3/c1-5-12-8-6-7-9-13(12)15(18-4)16-14(17)10-19-20(16)11(2)3/h6-11,15,18H,5H2,1-4H3. The minimum absolute atomic E-state index is 0.144. The van der Waals surface area contributed by atoms with E-state index in [-0.39, 0.29) is 6.04 Å². The van der Waals surface area contributed by atoms with E-state index in [1.54, 1.807) is 0 Å². The highest BCUT2D eigenvalue weighted by Crippen LogP contribution is 2.32. The maximum absolute atomic E-state index is 4.49. The number of hydrogen-bond acceptors (Lipinski definition) is 2. The first-order chi connectivity index (χ1) is 9.60. The molecule has 0 saturated heterocycles. The number of hydrogen-bond donors (Lipinski definition) is 1. The number of rotatable bonds is 5. The highest BCUT2D eigenvalue weighted by Gasteiger charge is 2.23. The van der Waals surface area contributed by atoms with Gasteiger partial charge in [0.05, 0.1) is 22.4 Å². The fourth-order valence-corrected chi connectivity index (χ4v) is 3.11. The Labute approximate surface area is 129 Å². The molecule has 108 valence electrons. The second kappa shape index (κ2) is 6.55. The van der Waals surface area contributed by atoms with Crippen molar-refractivity contribution >= 4 is 15.9 Å². The van der Waals surface area contributed by atoms with Crippen LogP contribution in [-0.2, 0) is 6.42 Å². The quantitative estimate of drug-likeness (QED) is 0.891. The monoisotopic (exact) mass is 335 g/mol. The largest absolute Gasteiger partial charge is 0.308 e. The Balaban J connectivity index is 2.55. The molecule has 1 heterocycles. The van der Waals surface area contributed by atoms with E-state index in [4.69, 9.17) is 0 Å². The summed E-state index contributed by atoms with van der Waals surface area (Å²) in [5.41, 5.74) is 3.87. The molecule has 1 aromatic carbocycles. The van der Waals surface area contributed by atoms with Gasteiger partial charge in [0.25, 0.3) is 0 Å². The van der Waals surface area contributed by atoms with Crippen LogP contribution in [0.25, 0.3) is 0 Å². The number of aryl methyl sites for hydroxylation is 1. The van der Waals surface area contributed by atoms with Crippen LogP contribution in [0.15, 0.2) is 34.9 Å². The number of nitrogens with zero attached hydrogens (tertiary/aromatic N) is 2. The van der Waals surface area contributed by atoms with E-state index in [0.29, 0.717) is 6.04 Å². The summed E-state index contributed by atoms with van der Waals surface area (Å²) in [5, 5.41) is 7.94. The van der Waals surface area contributed by atoms with Crippen molar-refractivity contribution in [1.29, 1.82) is 0 Å². The third-order valence-electron chi connectivity index (χ3n) is 3.59. The highest BCUT2D eigenvalue weighted by atomic mass is 79.9. The third kappa shape index (κ3) is 2.81. The summed E-state index contributed by atoms with van der Waals surface area (Å²) in [4.78, 5) is 0. The van der Waals surface area contributed by atoms with Gasteiger partial charge in [-0.2, -0.15) is 5.10 Å². The summed E-state index contributed by atoms with van der Waals surface area (Å²) >= 11 is 3.65. The van der Waals surface area contributed by atoms with Crippen LogP contribution in [0, 0.1) is 0 Å². The number of benzene rings is 1. The average molecular weight is 336 g/mol. The van der Waals surface area contributed by atoms with Crippen LogP contribution in [0.4, 0.5) is 0 Å². The predicted molar refractivity (Wildman–Crippen MR) is 87.0 cm³/mol. The molecule has 2 aromatic rings. The summed E-state index contributed by atoms with van der Waals surface area (Å²) < 4.78 is 3.13. The molecule has 0 saturated carbocycles. The van der Waals surface area contributed by atoms with E-state index < -0.39 is 0 Å². The van der Waals surface area contributed by atoms with Crippen molar-refractivity contribution in [3.8, 4) is 0 Å². The molecule has 0 amide bonds. The maximum Gasteiger partial charge on any atom is 0.0760 e. The van der Waals surface area contributed by atoms with Crippen LogP contribution < -0.4 is 5.32 Å². The lowest BCUT2D eigenvalue weighted by atomic mass is 9.96. The molecule has 0 radical (unpaired) electrons. The lowest BCUT2D eigenvalue weighted by Crippen LogP contribution is -2.24. The number of halogens is 1. The van der Waals surface area contributed by atoms with Crippen LogP contribution in [0.2, 0.25) is 0 Å². The van der Waals surface area contributed by atoms with Crippen LogP contribution in [0.1, 0.15) is 49.7 Å². The maximum atomic E-state index is 4.49. The van der Waals surface area contributed by atoms with Crippen molar-refractivity contribution in [1.82, 2.24) is 15.1 Å². The summed E-state index contributed by atoms with van der Waals surface area (Å²) in [5.74, 6) is 0. The van der Waals surface area contributed by atoms with Gasteiger partial charge in [0, 0.05) is 6.04 Å². The first-order valence-electron chi connectivity index (χ1n) is 7.08. The zero-order valence-corrected chi connectivity index (χ0v) is 14.1. The van der Waals surface area contributed by atoms with Gasteiger partial charge >= 0.3 is 0 Å². The summed E-state index contributed by atoms with van der Waals surface area (Å²) in [6.45, 7) is 6.50. The smallest absolute Gasteiger partial charge is 0.0760 e. The molecule has 0 aliphatic carbocycles. The van der Waals surface area contributed by atoms with E-state index in [2.05, 4.69) is 76.1 Å². The zero-order chi connectivity index (χ0) is 14.7. The van der Waals surface area contributed by atoms with Crippen molar-refractivity contribution in [3.05, 3.63) is 51.8 Å². The molecular formula is C16H22BrN3. The molecule has 0 fully saturated rings. The normalized spacial score (nSPS) is 12.9. The van der Waals surface area contributed by atoms with Gasteiger partial charge in [-0.1, -0.05) is 31.2 Å². The summed E-state index contributed by atoms with van der Waals surface area (Å²) in [6, 6.07) is 9.08. The first kappa shape index (κ1) is 15.3. The van der Waals surface area contributed by atoms with Crippen molar-refractivity contribution in [2.45, 2.75) is 39.3 Å². The van der Waals surface area contributed by atoms with Crippen molar-refractivity contribution in [2.75, 3.05) is 7.05 Å². The first-order valence-corrected chi connectivity index (χ1v) is 7.87. The highest BCUT2D eigenvalue weighted by molar-refractivity contribution is 9.10. The fourth-order valence-electron chi connectivity index (χ4n) is 2.61. The molecule has 4 heteroatoms. The molecule has 1 atom stereocenters. The van der Waals surface area contributed by atoms with Gasteiger partial charge in [-0.3, -0.25) is 4.68 Å². The van der Waals surface area contributed by atoms with E-state index in [9.17, 15) is 0 Å². The Kier molecular flexibility index (Phi) is 5.00. The SMILES string of the molecule is CCc1ccccc1C(NC)c1c(Br)cnn1C(C)C. The summed E-state index contributed by atoms with van der Waals surface area (Å²) in [6.07, 6.45) is 2.91. The topological polar surface area (TPSA) is 29.9 Å². The molecule has 0 bridgehead atoms. The van der Waals surface area contributed by atoms with Crippen LogP contribution in [0.3, 0.4) is 0 Å². The lowest BCUT2D eigenvalue weighted by Gasteiger charge is -2.23. The Morgan fingerprint density at radius 2 is 2.00 bits per heavy atom. The van der Waals surface area contributed by atoms with Crippen LogP contribution >= 0.6 is 15.9 Å². The Bertz CT molecular complexity index is 575. The minimum atomic E-state index is 0.144. The number of nitrogens with one attached hydrogen (secondary N) is 1. The minimum Gasteiger partial charge on any atom is -0.308 e. The molecule has 0 spiro atoms. The molecule has 0 aliphatic heterocycles. The second-order valence-electron chi connectivity index (χ2n) is 5.19. The average Bonchev–Trinajstić information content (AvgIpc) is 2.83. The Hall–Kier alpha value is -1.13. The van der Waals surface area contributed by atoms with E-state index in [1.807, 2.05) is 13.2 Å². The van der Waals surface area contributed by atoms with Gasteiger partial charge in [0.2, 0.25) is 0 Å². The summed E-state index contributed by atoms with van der Waals surface area (Å²) in [7, 11) is 2.00. The van der Waals surface area contributed by atoms with Crippen molar-refractivity contribution in [3.63, 3.8) is 0 Å². The van der Waals surface area contributed by atoms with Crippen molar-refractivity contribution in [2.24, 2.45) is 0 Å². The van der Waals surface area contributed by atoms with Gasteiger partial charge in [-0.25, -0.2) is 0 Å². The van der Waals surface area contributed by atoms with Gasteiger partial charge in [0.15, 0.2) is 0 Å². The molecule has 3 nitrogen and oxygen atoms in total. The molecule has 1 N–H and O–H groups in total. The van der Waals surface area contributed by atoms with Crippen molar-refractivity contribution < 1.29 is 0 Å². The molecule has 0 aliphatic rings. The fraction of sp³-hybridized carbons (Fsp3) is 0.438. The molecule has 2 rings (SSSR count). The third-order valence-corrected chi connectivity index (χ3v) is 4.20. The molecule has 20 heavy (non-hydrogen) atoms. The molecule has 1 aromatic heterocycles. The number of aromatic nitrogens is 2. The van der Waals surface area contributed by atoms with Gasteiger partial charge < -0.3 is 5.32 Å². The van der Waals surface area contributed by atoms with Crippen LogP contribution in [0.5, 0.6) is 0 Å². The predicted octanol–water partition coefficient (Wildman–Crippen LogP) is 4.10. The zero-order valence-electron chi connectivity index (χ0n) is 12.5. The van der Waals surface area contributed by atoms with E-state index in [1.165, 1.54) is 16.8 Å².